The Morgan fingerprint density at radius 3 is 2.56 bits per heavy atom. The lowest BCUT2D eigenvalue weighted by molar-refractivity contribution is -0.121. The van der Waals surface area contributed by atoms with Crippen molar-refractivity contribution in [3.8, 4) is 0 Å². The second kappa shape index (κ2) is 8.04. The van der Waals surface area contributed by atoms with Crippen LogP contribution in [-0.4, -0.2) is 10.5 Å². The fourth-order valence-electron chi connectivity index (χ4n) is 2.91. The number of hydrogen-bond donors (Lipinski definition) is 1. The first kappa shape index (κ1) is 17.3. The lowest BCUT2D eigenvalue weighted by Gasteiger charge is -2.20. The predicted octanol–water partition coefficient (Wildman–Crippen LogP) is 4.75. The first-order valence-electron chi connectivity index (χ1n) is 8.32. The zero-order chi connectivity index (χ0) is 17.6. The van der Waals surface area contributed by atoms with Crippen LogP contribution >= 0.6 is 11.6 Å². The van der Waals surface area contributed by atoms with E-state index in [1.165, 1.54) is 5.56 Å². The van der Waals surface area contributed by atoms with Gasteiger partial charge in [-0.3, -0.25) is 4.79 Å². The van der Waals surface area contributed by atoms with Crippen LogP contribution < -0.4 is 5.32 Å². The molecule has 0 saturated carbocycles. The van der Waals surface area contributed by atoms with Crippen molar-refractivity contribution in [3.05, 3.63) is 94.8 Å². The van der Waals surface area contributed by atoms with Crippen molar-refractivity contribution in [2.24, 2.45) is 0 Å². The molecular weight excluding hydrogens is 332 g/mol. The van der Waals surface area contributed by atoms with Crippen LogP contribution in [0.2, 0.25) is 5.02 Å². The second-order valence-corrected chi connectivity index (χ2v) is 6.54. The maximum Gasteiger partial charge on any atom is 0.222 e. The Balaban J connectivity index is 1.72. The summed E-state index contributed by atoms with van der Waals surface area (Å²) in [5.74, 6) is 0.000117. The van der Waals surface area contributed by atoms with E-state index in [0.717, 1.165) is 11.1 Å². The highest BCUT2D eigenvalue weighted by Gasteiger charge is 2.17. The number of amides is 1. The van der Waals surface area contributed by atoms with E-state index in [1.54, 1.807) is 0 Å². The van der Waals surface area contributed by atoms with Crippen LogP contribution in [0, 0.1) is 6.92 Å². The van der Waals surface area contributed by atoms with Gasteiger partial charge in [-0.05, 0) is 36.2 Å². The number of aromatic nitrogens is 1. The third-order valence-electron chi connectivity index (χ3n) is 4.23. The number of halogens is 1. The fraction of sp³-hybridized carbons (Fsp3) is 0.190. The summed E-state index contributed by atoms with van der Waals surface area (Å²) in [7, 11) is 0. The molecule has 25 heavy (non-hydrogen) atoms. The first-order valence-corrected chi connectivity index (χ1v) is 8.70. The number of rotatable bonds is 6. The molecule has 0 aliphatic carbocycles. The third kappa shape index (κ3) is 4.52. The number of carbonyl (C=O) groups is 1. The largest absolute Gasteiger partial charge is 0.352 e. The smallest absolute Gasteiger partial charge is 0.222 e. The Morgan fingerprint density at radius 1 is 1.08 bits per heavy atom. The predicted molar refractivity (Wildman–Crippen MR) is 102 cm³/mol. The van der Waals surface area contributed by atoms with Crippen molar-refractivity contribution in [2.75, 3.05) is 0 Å². The van der Waals surface area contributed by atoms with Crippen LogP contribution in [0.15, 0.2) is 73.1 Å². The molecule has 0 fully saturated rings. The van der Waals surface area contributed by atoms with Crippen LogP contribution in [-0.2, 0) is 11.3 Å². The van der Waals surface area contributed by atoms with Gasteiger partial charge in [0.05, 0.1) is 12.5 Å². The maximum atomic E-state index is 12.5. The summed E-state index contributed by atoms with van der Waals surface area (Å²) < 4.78 is 2.07. The molecule has 0 saturated heterocycles. The van der Waals surface area contributed by atoms with Gasteiger partial charge in [0.25, 0.3) is 0 Å². The van der Waals surface area contributed by atoms with E-state index >= 15 is 0 Å². The highest BCUT2D eigenvalue weighted by molar-refractivity contribution is 6.31. The molecule has 3 nitrogen and oxygen atoms in total. The Bertz CT molecular complexity index is 843. The Hall–Kier alpha value is -2.52. The molecule has 1 aromatic heterocycles. The second-order valence-electron chi connectivity index (χ2n) is 6.13. The first-order chi connectivity index (χ1) is 12.1. The Labute approximate surface area is 153 Å². The van der Waals surface area contributed by atoms with Crippen molar-refractivity contribution >= 4 is 17.5 Å². The lowest BCUT2D eigenvalue weighted by atomic mass is 10.0. The quantitative estimate of drug-likeness (QED) is 0.682. The number of benzene rings is 2. The van der Waals surface area contributed by atoms with E-state index in [-0.39, 0.29) is 11.9 Å². The highest BCUT2D eigenvalue weighted by atomic mass is 35.5. The minimum absolute atomic E-state index is 0.000117. The molecule has 2 aromatic carbocycles. The van der Waals surface area contributed by atoms with Crippen molar-refractivity contribution in [2.45, 2.75) is 25.9 Å². The third-order valence-corrected chi connectivity index (χ3v) is 4.60. The van der Waals surface area contributed by atoms with Crippen LogP contribution in [0.3, 0.4) is 0 Å². The van der Waals surface area contributed by atoms with Crippen LogP contribution in [0.5, 0.6) is 0 Å². The van der Waals surface area contributed by atoms with Crippen LogP contribution in [0.25, 0.3) is 0 Å². The van der Waals surface area contributed by atoms with E-state index in [2.05, 4.69) is 35.0 Å². The van der Waals surface area contributed by atoms with Gasteiger partial charge in [0.2, 0.25) is 5.91 Å². The van der Waals surface area contributed by atoms with E-state index in [9.17, 15) is 4.79 Å². The van der Waals surface area contributed by atoms with Crippen molar-refractivity contribution < 1.29 is 4.79 Å². The molecule has 0 bridgehead atoms. The van der Waals surface area contributed by atoms with Gasteiger partial charge in [0.15, 0.2) is 0 Å². The van der Waals surface area contributed by atoms with Gasteiger partial charge in [0.1, 0.15) is 0 Å². The number of nitrogens with zero attached hydrogens (tertiary/aromatic N) is 1. The fourth-order valence-corrected chi connectivity index (χ4v) is 3.11. The molecule has 3 rings (SSSR count). The standard InChI is InChI=1S/C21H21ClN2O/c1-16-7-6-9-17(13-16)20(24-11-4-5-12-24)14-21(25)23-15-18-8-2-3-10-19(18)22/h2-13,20H,14-15H2,1H3,(H,23,25)/t20-/m1/s1. The molecule has 1 N–H and O–H groups in total. The molecule has 1 amide bonds. The zero-order valence-corrected chi connectivity index (χ0v) is 14.9. The SMILES string of the molecule is Cc1cccc([C@@H](CC(=O)NCc2ccccc2Cl)n2cccc2)c1. The lowest BCUT2D eigenvalue weighted by Crippen LogP contribution is -2.26. The van der Waals surface area contributed by atoms with Crippen LogP contribution in [0.1, 0.15) is 29.2 Å². The molecule has 3 aromatic rings. The van der Waals surface area contributed by atoms with E-state index < -0.39 is 0 Å². The summed E-state index contributed by atoms with van der Waals surface area (Å²) in [5, 5.41) is 3.65. The van der Waals surface area contributed by atoms with Gasteiger partial charge in [0, 0.05) is 24.0 Å². The molecule has 1 atom stereocenters. The topological polar surface area (TPSA) is 34.0 Å². The summed E-state index contributed by atoms with van der Waals surface area (Å²) >= 11 is 6.15. The number of nitrogens with one attached hydrogen (secondary N) is 1. The van der Waals surface area contributed by atoms with Crippen LogP contribution in [0.4, 0.5) is 0 Å². The highest BCUT2D eigenvalue weighted by Crippen LogP contribution is 2.23. The van der Waals surface area contributed by atoms with Crippen molar-refractivity contribution in [1.82, 2.24) is 9.88 Å². The normalized spacial score (nSPS) is 11.9. The van der Waals surface area contributed by atoms with Gasteiger partial charge in [-0.1, -0.05) is 59.6 Å². The van der Waals surface area contributed by atoms with Crippen molar-refractivity contribution in [3.63, 3.8) is 0 Å². The zero-order valence-electron chi connectivity index (χ0n) is 14.2. The number of hydrogen-bond acceptors (Lipinski definition) is 1. The average Bonchev–Trinajstić information content (AvgIpc) is 3.13. The monoisotopic (exact) mass is 352 g/mol. The van der Waals surface area contributed by atoms with Gasteiger partial charge >= 0.3 is 0 Å². The molecule has 0 aliphatic rings. The van der Waals surface area contributed by atoms with Gasteiger partial charge < -0.3 is 9.88 Å². The summed E-state index contributed by atoms with van der Waals surface area (Å²) in [5.41, 5.74) is 3.24. The minimum Gasteiger partial charge on any atom is -0.352 e. The van der Waals surface area contributed by atoms with Gasteiger partial charge in [-0.25, -0.2) is 0 Å². The molecule has 4 heteroatoms. The molecule has 1 heterocycles. The molecule has 128 valence electrons. The van der Waals surface area contributed by atoms with Gasteiger partial charge in [-0.2, -0.15) is 0 Å². The van der Waals surface area contributed by atoms with Crippen molar-refractivity contribution in [1.29, 1.82) is 0 Å². The number of aryl methyl sites for hydroxylation is 1. The molecule has 0 unspecified atom stereocenters. The molecule has 0 aliphatic heterocycles. The maximum absolute atomic E-state index is 12.5. The molecular formula is C21H21ClN2O. The summed E-state index contributed by atoms with van der Waals surface area (Å²) in [6, 6.07) is 19.8. The van der Waals surface area contributed by atoms with E-state index in [4.69, 9.17) is 11.6 Å². The van der Waals surface area contributed by atoms with Gasteiger partial charge in [-0.15, -0.1) is 0 Å². The molecule has 0 radical (unpaired) electrons. The average molecular weight is 353 g/mol. The number of carbonyl (C=O) groups excluding carboxylic acids is 1. The van der Waals surface area contributed by atoms with E-state index in [0.29, 0.717) is 18.0 Å². The summed E-state index contributed by atoms with van der Waals surface area (Å²) in [6.07, 6.45) is 4.37. The summed E-state index contributed by atoms with van der Waals surface area (Å²) in [4.78, 5) is 12.5. The van der Waals surface area contributed by atoms with E-state index in [1.807, 2.05) is 54.9 Å². The Morgan fingerprint density at radius 2 is 1.84 bits per heavy atom. The molecule has 0 spiro atoms. The Kier molecular flexibility index (Phi) is 5.56. The minimum atomic E-state index is -0.0267. The summed E-state index contributed by atoms with van der Waals surface area (Å²) in [6.45, 7) is 2.50.